The molecule has 3 atom stereocenters. The van der Waals surface area contributed by atoms with Crippen LogP contribution in [0.5, 0.6) is 46.0 Å². The largest absolute Gasteiger partial charge is 0.508 e. The van der Waals surface area contributed by atoms with Gasteiger partial charge in [-0.05, 0) is 69.5 Å². The van der Waals surface area contributed by atoms with Crippen molar-refractivity contribution in [1.82, 2.24) is 0 Å². The number of hydrogen-bond acceptors (Lipinski definition) is 11. The summed E-state index contributed by atoms with van der Waals surface area (Å²) < 4.78 is 6.14. The van der Waals surface area contributed by atoms with Gasteiger partial charge in [0.15, 0.2) is 5.78 Å². The Balaban J connectivity index is 1.62. The molecular weight excluding hydrogens is 656 g/mol. The van der Waals surface area contributed by atoms with Crippen LogP contribution in [0.2, 0.25) is 0 Å². The summed E-state index contributed by atoms with van der Waals surface area (Å²) >= 11 is 0. The van der Waals surface area contributed by atoms with E-state index in [0.717, 1.165) is 35.4 Å². The van der Waals surface area contributed by atoms with Crippen LogP contribution in [0.4, 0.5) is 0 Å². The van der Waals surface area contributed by atoms with Crippen LogP contribution in [0, 0.1) is 5.92 Å². The van der Waals surface area contributed by atoms with E-state index in [2.05, 4.69) is 0 Å². The molecule has 0 fully saturated rings. The molecule has 0 amide bonds. The highest BCUT2D eigenvalue weighted by Gasteiger charge is 2.43. The second kappa shape index (κ2) is 13.2. The SMILES string of the molecule is CC(C)=CCc1c(-c2ccc(O)c(C3C=C(C)CC(c4ccc(O)cc4O)C3C(=O)c3cc(O)cc(O)c3)c2O)oc2cc(O)cc(O)c2c1=O. The zero-order valence-corrected chi connectivity index (χ0v) is 27.9. The van der Waals surface area contributed by atoms with Gasteiger partial charge in [-0.1, -0.05) is 29.4 Å². The lowest BCUT2D eigenvalue weighted by Crippen LogP contribution is -2.31. The van der Waals surface area contributed by atoms with Gasteiger partial charge >= 0.3 is 0 Å². The van der Waals surface area contributed by atoms with Crippen LogP contribution in [0.15, 0.2) is 93.2 Å². The number of benzene rings is 4. The third-order valence-corrected chi connectivity index (χ3v) is 9.27. The molecule has 5 aromatic rings. The van der Waals surface area contributed by atoms with Crippen molar-refractivity contribution in [2.45, 2.75) is 45.4 Å². The summed E-state index contributed by atoms with van der Waals surface area (Å²) in [6.07, 6.45) is 3.75. The van der Waals surface area contributed by atoms with Crippen molar-refractivity contribution in [2.24, 2.45) is 5.92 Å². The Morgan fingerprint density at radius 1 is 0.804 bits per heavy atom. The van der Waals surface area contributed by atoms with Crippen molar-refractivity contribution in [3.05, 3.63) is 116 Å². The van der Waals surface area contributed by atoms with Crippen LogP contribution in [-0.2, 0) is 6.42 Å². The van der Waals surface area contributed by atoms with E-state index in [1.165, 1.54) is 36.4 Å². The number of rotatable bonds is 7. The Kier molecular flexibility index (Phi) is 8.90. The number of aromatic hydroxyl groups is 8. The molecule has 3 unspecified atom stereocenters. The van der Waals surface area contributed by atoms with Gasteiger partial charge in [-0.2, -0.15) is 0 Å². The van der Waals surface area contributed by atoms with Crippen LogP contribution in [0.3, 0.4) is 0 Å². The fourth-order valence-electron chi connectivity index (χ4n) is 7.03. The van der Waals surface area contributed by atoms with Gasteiger partial charge in [0.2, 0.25) is 5.43 Å². The second-order valence-electron chi connectivity index (χ2n) is 13.2. The van der Waals surface area contributed by atoms with Gasteiger partial charge in [-0.15, -0.1) is 0 Å². The summed E-state index contributed by atoms with van der Waals surface area (Å²) in [5.74, 6) is -6.78. The van der Waals surface area contributed by atoms with E-state index in [1.807, 2.05) is 13.8 Å². The van der Waals surface area contributed by atoms with Gasteiger partial charge in [0, 0.05) is 58.7 Å². The first-order valence-corrected chi connectivity index (χ1v) is 16.1. The molecule has 51 heavy (non-hydrogen) atoms. The average Bonchev–Trinajstić information content (AvgIpc) is 3.03. The van der Waals surface area contributed by atoms with E-state index in [9.17, 15) is 50.4 Å². The van der Waals surface area contributed by atoms with Gasteiger partial charge in [0.25, 0.3) is 0 Å². The van der Waals surface area contributed by atoms with E-state index in [1.54, 1.807) is 19.1 Å². The van der Waals surface area contributed by atoms with E-state index in [4.69, 9.17) is 4.42 Å². The molecule has 0 bridgehead atoms. The number of fused-ring (bicyclic) bond motifs is 1. The fraction of sp³-hybridized carbons (Fsp3) is 0.200. The van der Waals surface area contributed by atoms with Gasteiger partial charge in [0.05, 0.1) is 5.56 Å². The molecule has 11 heteroatoms. The van der Waals surface area contributed by atoms with Gasteiger partial charge in [-0.25, -0.2) is 0 Å². The molecule has 1 aliphatic rings. The fourth-order valence-corrected chi connectivity index (χ4v) is 7.03. The Bertz CT molecular complexity index is 2320. The minimum atomic E-state index is -1.17. The van der Waals surface area contributed by atoms with E-state index < -0.39 is 46.2 Å². The Labute approximate surface area is 291 Å². The van der Waals surface area contributed by atoms with Crippen LogP contribution >= 0.6 is 0 Å². The van der Waals surface area contributed by atoms with Crippen molar-refractivity contribution in [1.29, 1.82) is 0 Å². The normalized spacial score (nSPS) is 17.2. The predicted molar refractivity (Wildman–Crippen MR) is 189 cm³/mol. The van der Waals surface area contributed by atoms with Crippen LogP contribution in [0.1, 0.15) is 66.1 Å². The number of allylic oxidation sites excluding steroid dienone is 4. The highest BCUT2D eigenvalue weighted by atomic mass is 16.3. The number of carbonyl (C=O) groups excluding carboxylic acids is 1. The molecule has 1 aromatic heterocycles. The highest BCUT2D eigenvalue weighted by molar-refractivity contribution is 6.00. The monoisotopic (exact) mass is 692 g/mol. The van der Waals surface area contributed by atoms with Crippen molar-refractivity contribution in [2.75, 3.05) is 0 Å². The second-order valence-corrected chi connectivity index (χ2v) is 13.2. The number of phenols is 8. The summed E-state index contributed by atoms with van der Waals surface area (Å²) in [7, 11) is 0. The van der Waals surface area contributed by atoms with Crippen molar-refractivity contribution >= 4 is 16.8 Å². The van der Waals surface area contributed by atoms with E-state index in [-0.39, 0.29) is 80.6 Å². The Morgan fingerprint density at radius 3 is 2.14 bits per heavy atom. The first-order chi connectivity index (χ1) is 24.1. The number of phenolic OH excluding ortho intramolecular Hbond substituents is 8. The Morgan fingerprint density at radius 2 is 1.47 bits per heavy atom. The van der Waals surface area contributed by atoms with E-state index >= 15 is 0 Å². The van der Waals surface area contributed by atoms with Crippen molar-refractivity contribution in [3.63, 3.8) is 0 Å². The summed E-state index contributed by atoms with van der Waals surface area (Å²) in [6.45, 7) is 5.45. The maximum atomic E-state index is 14.5. The molecule has 11 nitrogen and oxygen atoms in total. The smallest absolute Gasteiger partial charge is 0.200 e. The first kappa shape index (κ1) is 34.5. The third-order valence-electron chi connectivity index (χ3n) is 9.27. The number of carbonyl (C=O) groups is 1. The quantitative estimate of drug-likeness (QED) is 0.0625. The molecule has 0 spiro atoms. The number of ketones is 1. The van der Waals surface area contributed by atoms with Crippen LogP contribution in [0.25, 0.3) is 22.3 Å². The predicted octanol–water partition coefficient (Wildman–Crippen LogP) is 7.33. The molecule has 262 valence electrons. The zero-order chi connectivity index (χ0) is 36.9. The summed E-state index contributed by atoms with van der Waals surface area (Å²) in [6, 6.07) is 12.2. The number of hydrogen-bond donors (Lipinski definition) is 8. The van der Waals surface area contributed by atoms with Gasteiger partial charge < -0.3 is 45.3 Å². The minimum Gasteiger partial charge on any atom is -0.508 e. The molecule has 0 radical (unpaired) electrons. The van der Waals surface area contributed by atoms with Crippen LogP contribution in [-0.4, -0.2) is 46.6 Å². The standard InChI is InChI=1S/C40H36O11/c1-18(2)4-6-26-39(50)36-32(47)16-24(44)17-33(36)51-40(26)27-8-9-30(45)35(38(27)49)29-11-19(3)10-28(25-7-5-21(41)15-31(25)46)34(29)37(48)20-12-22(42)14-23(43)13-20/h4-5,7-9,11-17,28-29,34,41-47,49H,6,10H2,1-3H3. The molecule has 0 saturated heterocycles. The molecular formula is C40H36O11. The topological polar surface area (TPSA) is 209 Å². The Hall–Kier alpha value is -6.36. The lowest BCUT2D eigenvalue weighted by atomic mass is 9.65. The minimum absolute atomic E-state index is 0.0244. The zero-order valence-electron chi connectivity index (χ0n) is 27.9. The molecule has 0 aliphatic heterocycles. The molecule has 6 rings (SSSR count). The average molecular weight is 693 g/mol. The molecule has 1 heterocycles. The van der Waals surface area contributed by atoms with Gasteiger partial charge in [-0.3, -0.25) is 9.59 Å². The maximum absolute atomic E-state index is 14.5. The summed E-state index contributed by atoms with van der Waals surface area (Å²) in [5, 5.41) is 85.6. The lowest BCUT2D eigenvalue weighted by Gasteiger charge is -2.37. The molecule has 0 saturated carbocycles. The molecule has 4 aromatic carbocycles. The first-order valence-electron chi connectivity index (χ1n) is 16.1. The highest BCUT2D eigenvalue weighted by Crippen LogP contribution is 2.54. The van der Waals surface area contributed by atoms with Gasteiger partial charge in [0.1, 0.15) is 62.7 Å². The molecule has 1 aliphatic carbocycles. The lowest BCUT2D eigenvalue weighted by molar-refractivity contribution is 0.0878. The third kappa shape index (κ3) is 6.41. The molecule has 8 N–H and O–H groups in total. The summed E-state index contributed by atoms with van der Waals surface area (Å²) in [5.41, 5.74) is 1.01. The summed E-state index contributed by atoms with van der Waals surface area (Å²) in [4.78, 5) is 28.4. The maximum Gasteiger partial charge on any atom is 0.200 e. The van der Waals surface area contributed by atoms with Crippen molar-refractivity contribution < 1.29 is 50.1 Å². The number of Topliss-reactive ketones (excluding diaryl/α,β-unsaturated/α-hetero) is 1. The van der Waals surface area contributed by atoms with Crippen molar-refractivity contribution in [3.8, 4) is 57.3 Å². The van der Waals surface area contributed by atoms with Crippen LogP contribution < -0.4 is 5.43 Å². The van der Waals surface area contributed by atoms with E-state index in [0.29, 0.717) is 5.56 Å².